The summed E-state index contributed by atoms with van der Waals surface area (Å²) in [5.74, 6) is 0.821. The second-order valence-corrected chi connectivity index (χ2v) is 5.32. The third-order valence-electron chi connectivity index (χ3n) is 4.22. The van der Waals surface area contributed by atoms with Gasteiger partial charge in [-0.2, -0.15) is 0 Å². The molecule has 1 aromatic rings. The van der Waals surface area contributed by atoms with Crippen molar-refractivity contribution in [3.63, 3.8) is 0 Å². The minimum atomic E-state index is -0.706. The van der Waals surface area contributed by atoms with Crippen LogP contribution in [0.2, 0.25) is 0 Å². The third-order valence-corrected chi connectivity index (χ3v) is 4.22. The molecular weight excluding hydrogens is 292 g/mol. The molecule has 21 heavy (non-hydrogen) atoms. The summed E-state index contributed by atoms with van der Waals surface area (Å²) in [6.45, 7) is 2.10. The van der Waals surface area contributed by atoms with E-state index >= 15 is 0 Å². The zero-order valence-electron chi connectivity index (χ0n) is 12.1. The number of halogens is 1. The molecule has 1 aromatic carbocycles. The first-order chi connectivity index (χ1) is 9.75. The molecule has 0 aliphatic carbocycles. The van der Waals surface area contributed by atoms with Gasteiger partial charge < -0.3 is 20.1 Å². The van der Waals surface area contributed by atoms with E-state index in [9.17, 15) is 4.79 Å². The normalized spacial score (nSPS) is 22.6. The summed E-state index contributed by atoms with van der Waals surface area (Å²) in [5.41, 5.74) is 0.337. The Hall–Kier alpha value is -1.30. The minimum Gasteiger partial charge on any atom is -0.491 e. The molecule has 2 aliphatic heterocycles. The molecule has 2 heterocycles. The number of carbonyl (C=O) groups is 1. The van der Waals surface area contributed by atoms with Gasteiger partial charge in [-0.1, -0.05) is 18.2 Å². The van der Waals surface area contributed by atoms with Crippen LogP contribution in [0.25, 0.3) is 0 Å². The second kappa shape index (κ2) is 6.64. The number of nitrogens with one attached hydrogen (secondary N) is 2. The van der Waals surface area contributed by atoms with E-state index in [1.54, 1.807) is 7.11 Å². The molecular formula is C15H21ClN2O3. The van der Waals surface area contributed by atoms with Crippen LogP contribution in [0.1, 0.15) is 24.4 Å². The zero-order chi connectivity index (χ0) is 14.0. The number of piperidine rings is 1. The molecule has 1 fully saturated rings. The molecule has 0 aromatic heterocycles. The van der Waals surface area contributed by atoms with E-state index in [2.05, 4.69) is 10.6 Å². The molecule has 1 amide bonds. The average Bonchev–Trinajstić information content (AvgIpc) is 2.91. The minimum absolute atomic E-state index is 0. The standard InChI is InChI=1S/C15H20N2O3.ClH/c1-19-15(6-8-16-9-7-15)14(18)17-12-10-20-13-5-3-2-4-11(12)13;/h2-5,12,16H,6-10H2,1H3,(H,17,18);1H. The Bertz CT molecular complexity index is 503. The Kier molecular flexibility index (Phi) is 5.08. The Morgan fingerprint density at radius 3 is 2.81 bits per heavy atom. The maximum Gasteiger partial charge on any atom is 0.252 e. The SMILES string of the molecule is COC1(C(=O)NC2COc3ccccc32)CCNCC1.Cl. The van der Waals surface area contributed by atoms with Crippen molar-refractivity contribution in [3.8, 4) is 5.75 Å². The first-order valence-electron chi connectivity index (χ1n) is 7.04. The van der Waals surface area contributed by atoms with E-state index in [1.807, 2.05) is 24.3 Å². The first-order valence-corrected chi connectivity index (χ1v) is 7.04. The highest BCUT2D eigenvalue weighted by atomic mass is 35.5. The lowest BCUT2D eigenvalue weighted by atomic mass is 9.90. The number of rotatable bonds is 3. The van der Waals surface area contributed by atoms with Gasteiger partial charge in [0.25, 0.3) is 5.91 Å². The Morgan fingerprint density at radius 2 is 2.10 bits per heavy atom. The predicted octanol–water partition coefficient (Wildman–Crippen LogP) is 1.43. The smallest absolute Gasteiger partial charge is 0.252 e. The maximum absolute atomic E-state index is 12.6. The van der Waals surface area contributed by atoms with Crippen molar-refractivity contribution < 1.29 is 14.3 Å². The van der Waals surface area contributed by atoms with Gasteiger partial charge in [-0.3, -0.25) is 4.79 Å². The third kappa shape index (κ3) is 3.00. The van der Waals surface area contributed by atoms with Crippen LogP contribution in [0.3, 0.4) is 0 Å². The molecule has 1 atom stereocenters. The van der Waals surface area contributed by atoms with Gasteiger partial charge in [0.15, 0.2) is 0 Å². The van der Waals surface area contributed by atoms with Crippen LogP contribution in [0.4, 0.5) is 0 Å². The van der Waals surface area contributed by atoms with Crippen molar-refractivity contribution >= 4 is 18.3 Å². The van der Waals surface area contributed by atoms with Crippen LogP contribution < -0.4 is 15.4 Å². The molecule has 5 nitrogen and oxygen atoms in total. The average molecular weight is 313 g/mol. The summed E-state index contributed by atoms with van der Waals surface area (Å²) in [7, 11) is 1.62. The summed E-state index contributed by atoms with van der Waals surface area (Å²) in [5, 5.41) is 6.33. The van der Waals surface area contributed by atoms with E-state index in [0.717, 1.165) is 24.4 Å². The highest BCUT2D eigenvalue weighted by molar-refractivity contribution is 5.86. The van der Waals surface area contributed by atoms with E-state index in [-0.39, 0.29) is 24.4 Å². The predicted molar refractivity (Wildman–Crippen MR) is 81.9 cm³/mol. The first kappa shape index (κ1) is 16.1. The van der Waals surface area contributed by atoms with Crippen LogP contribution in [-0.4, -0.2) is 38.3 Å². The van der Waals surface area contributed by atoms with Gasteiger partial charge in [-0.05, 0) is 32.0 Å². The molecule has 3 rings (SSSR count). The quantitative estimate of drug-likeness (QED) is 0.886. The molecule has 1 unspecified atom stereocenters. The van der Waals surface area contributed by atoms with Gasteiger partial charge in [0.2, 0.25) is 0 Å². The molecule has 1 saturated heterocycles. The summed E-state index contributed by atoms with van der Waals surface area (Å²) in [4.78, 5) is 12.6. The van der Waals surface area contributed by atoms with Crippen molar-refractivity contribution in [2.75, 3.05) is 26.8 Å². The zero-order valence-corrected chi connectivity index (χ0v) is 12.9. The number of carbonyl (C=O) groups excluding carboxylic acids is 1. The largest absolute Gasteiger partial charge is 0.491 e. The fourth-order valence-corrected chi connectivity index (χ4v) is 2.93. The number of methoxy groups -OCH3 is 1. The van der Waals surface area contributed by atoms with Gasteiger partial charge >= 0.3 is 0 Å². The summed E-state index contributed by atoms with van der Waals surface area (Å²) in [6, 6.07) is 7.74. The van der Waals surface area contributed by atoms with Crippen molar-refractivity contribution in [1.82, 2.24) is 10.6 Å². The lowest BCUT2D eigenvalue weighted by molar-refractivity contribution is -0.147. The number of hydrogen-bond donors (Lipinski definition) is 2. The fourth-order valence-electron chi connectivity index (χ4n) is 2.93. The maximum atomic E-state index is 12.6. The lowest BCUT2D eigenvalue weighted by Crippen LogP contribution is -2.54. The van der Waals surface area contributed by atoms with E-state index in [4.69, 9.17) is 9.47 Å². The van der Waals surface area contributed by atoms with Crippen molar-refractivity contribution in [1.29, 1.82) is 0 Å². The summed E-state index contributed by atoms with van der Waals surface area (Å²) >= 11 is 0. The van der Waals surface area contributed by atoms with Gasteiger partial charge in [-0.25, -0.2) is 0 Å². The molecule has 0 saturated carbocycles. The molecule has 6 heteroatoms. The number of benzene rings is 1. The summed E-state index contributed by atoms with van der Waals surface area (Å²) in [6.07, 6.45) is 1.40. The molecule has 0 bridgehead atoms. The molecule has 2 N–H and O–H groups in total. The molecule has 2 aliphatic rings. The van der Waals surface area contributed by atoms with Crippen LogP contribution >= 0.6 is 12.4 Å². The number of amides is 1. The van der Waals surface area contributed by atoms with Crippen LogP contribution in [-0.2, 0) is 9.53 Å². The van der Waals surface area contributed by atoms with Crippen molar-refractivity contribution in [3.05, 3.63) is 29.8 Å². The van der Waals surface area contributed by atoms with Gasteiger partial charge in [0.1, 0.15) is 18.0 Å². The molecule has 0 radical (unpaired) electrons. The van der Waals surface area contributed by atoms with Crippen LogP contribution in [0, 0.1) is 0 Å². The summed E-state index contributed by atoms with van der Waals surface area (Å²) < 4.78 is 11.1. The number of hydrogen-bond acceptors (Lipinski definition) is 4. The number of para-hydroxylation sites is 1. The highest BCUT2D eigenvalue weighted by Crippen LogP contribution is 2.33. The Labute approximate surface area is 130 Å². The van der Waals surface area contributed by atoms with E-state index in [1.165, 1.54) is 0 Å². The molecule has 116 valence electrons. The van der Waals surface area contributed by atoms with E-state index < -0.39 is 5.60 Å². The topological polar surface area (TPSA) is 59.6 Å². The molecule has 0 spiro atoms. The monoisotopic (exact) mass is 312 g/mol. The fraction of sp³-hybridized carbons (Fsp3) is 0.533. The number of ether oxygens (including phenoxy) is 2. The Morgan fingerprint density at radius 1 is 1.38 bits per heavy atom. The van der Waals surface area contributed by atoms with Crippen LogP contribution in [0.15, 0.2) is 24.3 Å². The van der Waals surface area contributed by atoms with Gasteiger partial charge in [0, 0.05) is 12.7 Å². The van der Waals surface area contributed by atoms with Gasteiger partial charge in [0.05, 0.1) is 6.04 Å². The number of fused-ring (bicyclic) bond motifs is 1. The second-order valence-electron chi connectivity index (χ2n) is 5.32. The lowest BCUT2D eigenvalue weighted by Gasteiger charge is -2.35. The van der Waals surface area contributed by atoms with Gasteiger partial charge in [-0.15, -0.1) is 12.4 Å². The highest BCUT2D eigenvalue weighted by Gasteiger charge is 2.41. The van der Waals surface area contributed by atoms with Crippen molar-refractivity contribution in [2.24, 2.45) is 0 Å². The Balaban J connectivity index is 0.00000161. The van der Waals surface area contributed by atoms with Crippen molar-refractivity contribution in [2.45, 2.75) is 24.5 Å². The van der Waals surface area contributed by atoms with Crippen LogP contribution in [0.5, 0.6) is 5.75 Å². The van der Waals surface area contributed by atoms with E-state index in [0.29, 0.717) is 19.4 Å².